The van der Waals surface area contributed by atoms with E-state index in [2.05, 4.69) is 0 Å². The van der Waals surface area contributed by atoms with Crippen LogP contribution in [-0.2, 0) is 15.7 Å². The second kappa shape index (κ2) is 10.7. The fraction of sp³-hybridized carbons (Fsp3) is 0.435. The summed E-state index contributed by atoms with van der Waals surface area (Å²) < 4.78 is 87.2. The van der Waals surface area contributed by atoms with Gasteiger partial charge in [0.2, 0.25) is 0 Å². The third kappa shape index (κ3) is 7.55. The van der Waals surface area contributed by atoms with Crippen molar-refractivity contribution in [3.63, 3.8) is 0 Å². The summed E-state index contributed by atoms with van der Waals surface area (Å²) >= 11 is 6.26. The maximum Gasteiger partial charge on any atom is 0.422 e. The van der Waals surface area contributed by atoms with Crippen molar-refractivity contribution in [1.82, 2.24) is 0 Å². The van der Waals surface area contributed by atoms with Gasteiger partial charge in [0, 0.05) is 5.56 Å². The fourth-order valence-electron chi connectivity index (χ4n) is 3.25. The maximum absolute atomic E-state index is 12.9. The van der Waals surface area contributed by atoms with Gasteiger partial charge in [-0.25, -0.2) is 0 Å². The molecule has 2 aromatic carbocycles. The van der Waals surface area contributed by atoms with Gasteiger partial charge in [-0.2, -0.15) is 26.3 Å². The minimum Gasteiger partial charge on any atom is -0.482 e. The molecule has 0 heterocycles. The van der Waals surface area contributed by atoms with Crippen molar-refractivity contribution in [2.75, 3.05) is 13.2 Å². The Balaban J connectivity index is 2.63. The summed E-state index contributed by atoms with van der Waals surface area (Å²) in [5.41, 5.74) is -0.374. The van der Waals surface area contributed by atoms with E-state index in [1.54, 1.807) is 6.92 Å². The van der Waals surface area contributed by atoms with Crippen LogP contribution in [0.3, 0.4) is 0 Å². The van der Waals surface area contributed by atoms with Crippen LogP contribution in [0.15, 0.2) is 36.4 Å². The molecule has 0 saturated carbocycles. The Morgan fingerprint density at radius 2 is 1.64 bits per heavy atom. The Morgan fingerprint density at radius 1 is 1.03 bits per heavy atom. The van der Waals surface area contributed by atoms with Crippen LogP contribution in [0, 0.1) is 5.92 Å². The van der Waals surface area contributed by atoms with E-state index in [0.29, 0.717) is 12.0 Å². The van der Waals surface area contributed by atoms with Crippen molar-refractivity contribution in [1.29, 1.82) is 0 Å². The number of rotatable bonds is 8. The summed E-state index contributed by atoms with van der Waals surface area (Å²) in [6.07, 6.45) is -8.88. The number of esters is 1. The topological polar surface area (TPSA) is 35.5 Å². The molecule has 0 aliphatic carbocycles. The zero-order valence-electron chi connectivity index (χ0n) is 18.1. The highest BCUT2D eigenvalue weighted by atomic mass is 35.5. The number of carbonyl (C=O) groups is 1. The zero-order valence-corrected chi connectivity index (χ0v) is 18.9. The molecular weight excluding hydrogens is 474 g/mol. The summed E-state index contributed by atoms with van der Waals surface area (Å²) in [5.74, 6) is -1.59. The molecular formula is C23H23ClF6O3. The van der Waals surface area contributed by atoms with Gasteiger partial charge in [-0.3, -0.25) is 4.79 Å². The smallest absolute Gasteiger partial charge is 0.422 e. The van der Waals surface area contributed by atoms with Crippen molar-refractivity contribution in [2.45, 2.75) is 45.5 Å². The van der Waals surface area contributed by atoms with Crippen LogP contribution >= 0.6 is 11.6 Å². The van der Waals surface area contributed by atoms with Crippen LogP contribution in [0.1, 0.15) is 44.2 Å². The first kappa shape index (κ1) is 26.8. The summed E-state index contributed by atoms with van der Waals surface area (Å²) in [4.78, 5) is 12.6. The average molecular weight is 497 g/mol. The zero-order chi connectivity index (χ0) is 25.0. The molecule has 0 fully saturated rings. The number of halogens is 7. The van der Waals surface area contributed by atoms with Crippen molar-refractivity contribution < 1.29 is 40.6 Å². The first-order chi connectivity index (χ1) is 15.2. The van der Waals surface area contributed by atoms with E-state index < -0.39 is 36.4 Å². The molecule has 10 heteroatoms. The fourth-order valence-corrected chi connectivity index (χ4v) is 3.53. The monoisotopic (exact) mass is 496 g/mol. The molecule has 0 spiro atoms. The second-order valence-electron chi connectivity index (χ2n) is 7.79. The van der Waals surface area contributed by atoms with Crippen LogP contribution in [0.2, 0.25) is 5.02 Å². The van der Waals surface area contributed by atoms with E-state index in [1.807, 2.05) is 13.8 Å². The Morgan fingerprint density at radius 3 is 2.12 bits per heavy atom. The number of benzene rings is 2. The first-order valence-corrected chi connectivity index (χ1v) is 10.5. The molecule has 33 heavy (non-hydrogen) atoms. The SMILES string of the molecule is CCOC(=O)C(CC(C)C)c1cc(Cl)c(OCC(F)(F)F)c(-c2ccc(C(F)(F)F)cc2)c1. The summed E-state index contributed by atoms with van der Waals surface area (Å²) in [7, 11) is 0. The Labute approximate surface area is 192 Å². The molecule has 3 nitrogen and oxygen atoms in total. The lowest BCUT2D eigenvalue weighted by Gasteiger charge is -2.22. The lowest BCUT2D eigenvalue weighted by Crippen LogP contribution is -2.20. The number of alkyl halides is 6. The molecule has 0 saturated heterocycles. The molecule has 0 N–H and O–H groups in total. The molecule has 2 rings (SSSR count). The second-order valence-corrected chi connectivity index (χ2v) is 8.20. The Kier molecular flexibility index (Phi) is 8.68. The molecule has 0 aliphatic rings. The molecule has 0 amide bonds. The van der Waals surface area contributed by atoms with Gasteiger partial charge >= 0.3 is 18.3 Å². The highest BCUT2D eigenvalue weighted by molar-refractivity contribution is 6.32. The average Bonchev–Trinajstić information content (AvgIpc) is 2.69. The highest BCUT2D eigenvalue weighted by Crippen LogP contribution is 2.42. The number of hydrogen-bond acceptors (Lipinski definition) is 3. The maximum atomic E-state index is 12.9. The summed E-state index contributed by atoms with van der Waals surface area (Å²) in [6, 6.07) is 6.57. The lowest BCUT2D eigenvalue weighted by atomic mass is 9.88. The van der Waals surface area contributed by atoms with E-state index in [4.69, 9.17) is 21.1 Å². The van der Waals surface area contributed by atoms with E-state index in [-0.39, 0.29) is 34.4 Å². The van der Waals surface area contributed by atoms with Gasteiger partial charge in [-0.05, 0) is 54.7 Å². The highest BCUT2D eigenvalue weighted by Gasteiger charge is 2.32. The number of carbonyl (C=O) groups excluding carboxylic acids is 1. The van der Waals surface area contributed by atoms with Gasteiger partial charge < -0.3 is 9.47 Å². The van der Waals surface area contributed by atoms with E-state index in [1.165, 1.54) is 12.1 Å². The van der Waals surface area contributed by atoms with Crippen LogP contribution < -0.4 is 4.74 Å². The first-order valence-electron chi connectivity index (χ1n) is 10.1. The Bertz CT molecular complexity index is 952. The molecule has 0 aliphatic heterocycles. The van der Waals surface area contributed by atoms with Gasteiger partial charge in [-0.1, -0.05) is 37.6 Å². The van der Waals surface area contributed by atoms with Gasteiger partial charge in [0.05, 0.1) is 23.1 Å². The molecule has 0 bridgehead atoms. The molecule has 182 valence electrons. The quantitative estimate of drug-likeness (QED) is 0.278. The standard InChI is InChI=1S/C23H23ClF6O3/c1-4-32-21(31)18(9-13(2)3)15-10-17(14-5-7-16(8-6-14)23(28,29)30)20(19(24)11-15)33-12-22(25,26)27/h5-8,10-11,13,18H,4,9,12H2,1-3H3. The normalized spacial score (nSPS) is 13.2. The molecule has 2 aromatic rings. The van der Waals surface area contributed by atoms with Crippen LogP contribution in [-0.4, -0.2) is 25.4 Å². The van der Waals surface area contributed by atoms with Gasteiger partial charge in [0.15, 0.2) is 6.61 Å². The van der Waals surface area contributed by atoms with E-state index >= 15 is 0 Å². The van der Waals surface area contributed by atoms with Crippen molar-refractivity contribution >= 4 is 17.6 Å². The number of ether oxygens (including phenoxy) is 2. The van der Waals surface area contributed by atoms with Crippen molar-refractivity contribution in [3.05, 3.63) is 52.5 Å². The molecule has 1 unspecified atom stereocenters. The minimum absolute atomic E-state index is 0.0357. The van der Waals surface area contributed by atoms with Gasteiger partial charge in [0.1, 0.15) is 5.75 Å². The Hall–Kier alpha value is -2.42. The molecule has 1 atom stereocenters. The molecule has 0 radical (unpaired) electrons. The van der Waals surface area contributed by atoms with Crippen LogP contribution in [0.5, 0.6) is 5.75 Å². The predicted octanol–water partition coefficient (Wildman–Crippen LogP) is 7.66. The van der Waals surface area contributed by atoms with Crippen LogP contribution in [0.25, 0.3) is 11.1 Å². The van der Waals surface area contributed by atoms with Crippen molar-refractivity contribution in [3.8, 4) is 16.9 Å². The van der Waals surface area contributed by atoms with E-state index in [9.17, 15) is 31.1 Å². The van der Waals surface area contributed by atoms with Gasteiger partial charge in [0.25, 0.3) is 0 Å². The predicted molar refractivity (Wildman–Crippen MR) is 112 cm³/mol. The number of hydrogen-bond donors (Lipinski definition) is 0. The summed E-state index contributed by atoms with van der Waals surface area (Å²) in [6.45, 7) is 3.88. The van der Waals surface area contributed by atoms with Crippen LogP contribution in [0.4, 0.5) is 26.3 Å². The van der Waals surface area contributed by atoms with Crippen molar-refractivity contribution in [2.24, 2.45) is 5.92 Å². The largest absolute Gasteiger partial charge is 0.482 e. The minimum atomic E-state index is -4.66. The third-order valence-electron chi connectivity index (χ3n) is 4.65. The van der Waals surface area contributed by atoms with E-state index in [0.717, 1.165) is 24.3 Å². The summed E-state index contributed by atoms with van der Waals surface area (Å²) in [5, 5.41) is -0.204. The third-order valence-corrected chi connectivity index (χ3v) is 4.93. The molecule has 0 aromatic heterocycles. The lowest BCUT2D eigenvalue weighted by molar-refractivity contribution is -0.153. The van der Waals surface area contributed by atoms with Gasteiger partial charge in [-0.15, -0.1) is 0 Å².